The molecule has 32 heavy (non-hydrogen) atoms. The Balaban J connectivity index is 1.62. The standard InChI is InChI=1S/C26H19ClN2O2S/c27-23-11-6-10-22-21(23)13-14-29(25(30)31-19-7-2-1-3-8-19)26(22,17-28)15-18-16-32-24-12-5-4-9-20(18)24/h1-12,16H,13-15H2/t26-/m1/s1. The number of carbonyl (C=O) groups is 1. The van der Waals surface area contributed by atoms with E-state index in [4.69, 9.17) is 16.3 Å². The summed E-state index contributed by atoms with van der Waals surface area (Å²) in [7, 11) is 0. The second-order valence-electron chi connectivity index (χ2n) is 7.75. The lowest BCUT2D eigenvalue weighted by Crippen LogP contribution is -2.55. The number of thiophene rings is 1. The molecule has 1 aromatic heterocycles. The lowest BCUT2D eigenvalue weighted by molar-refractivity contribution is 0.0995. The first-order valence-corrected chi connectivity index (χ1v) is 11.6. The topological polar surface area (TPSA) is 53.3 Å². The molecule has 6 heteroatoms. The van der Waals surface area contributed by atoms with Crippen LogP contribution in [0.3, 0.4) is 0 Å². The van der Waals surface area contributed by atoms with Crippen molar-refractivity contribution in [1.29, 1.82) is 5.26 Å². The molecule has 4 nitrogen and oxygen atoms in total. The zero-order valence-electron chi connectivity index (χ0n) is 17.1. The number of benzene rings is 3. The van der Waals surface area contributed by atoms with Gasteiger partial charge in [-0.2, -0.15) is 5.26 Å². The number of rotatable bonds is 3. The molecule has 0 fully saturated rings. The molecule has 158 valence electrons. The van der Waals surface area contributed by atoms with Crippen LogP contribution in [-0.4, -0.2) is 17.5 Å². The van der Waals surface area contributed by atoms with E-state index < -0.39 is 11.6 Å². The molecule has 0 spiro atoms. The van der Waals surface area contributed by atoms with Gasteiger partial charge in [-0.15, -0.1) is 11.3 Å². The Labute approximate surface area is 195 Å². The summed E-state index contributed by atoms with van der Waals surface area (Å²) in [6, 6.07) is 25.1. The Bertz CT molecular complexity index is 1340. The predicted molar refractivity (Wildman–Crippen MR) is 127 cm³/mol. The second kappa shape index (κ2) is 8.31. The Morgan fingerprint density at radius 1 is 1.09 bits per heavy atom. The van der Waals surface area contributed by atoms with E-state index in [9.17, 15) is 10.1 Å². The van der Waals surface area contributed by atoms with Crippen LogP contribution < -0.4 is 4.74 Å². The molecule has 0 saturated carbocycles. The third-order valence-corrected chi connectivity index (χ3v) is 7.34. The van der Waals surface area contributed by atoms with Crippen LogP contribution in [0, 0.1) is 11.3 Å². The molecule has 1 atom stereocenters. The monoisotopic (exact) mass is 458 g/mol. The number of halogens is 1. The van der Waals surface area contributed by atoms with E-state index in [2.05, 4.69) is 23.6 Å². The second-order valence-corrected chi connectivity index (χ2v) is 9.07. The van der Waals surface area contributed by atoms with Gasteiger partial charge in [-0.1, -0.05) is 60.1 Å². The van der Waals surface area contributed by atoms with Crippen molar-refractivity contribution in [2.75, 3.05) is 6.54 Å². The molecule has 0 radical (unpaired) electrons. The Hall–Kier alpha value is -3.33. The summed E-state index contributed by atoms with van der Waals surface area (Å²) in [5.74, 6) is 0.446. The van der Waals surface area contributed by atoms with Crippen molar-refractivity contribution in [3.05, 3.63) is 99.9 Å². The van der Waals surface area contributed by atoms with Gasteiger partial charge in [0.25, 0.3) is 0 Å². The zero-order valence-corrected chi connectivity index (χ0v) is 18.7. The van der Waals surface area contributed by atoms with Crippen LogP contribution in [-0.2, 0) is 18.4 Å². The van der Waals surface area contributed by atoms with Crippen LogP contribution in [0.1, 0.15) is 16.7 Å². The quantitative estimate of drug-likeness (QED) is 0.348. The number of nitriles is 1. The van der Waals surface area contributed by atoms with E-state index in [-0.39, 0.29) is 0 Å². The van der Waals surface area contributed by atoms with Crippen LogP contribution in [0.15, 0.2) is 78.2 Å². The summed E-state index contributed by atoms with van der Waals surface area (Å²) < 4.78 is 6.82. The van der Waals surface area contributed by atoms with Crippen molar-refractivity contribution in [3.8, 4) is 11.8 Å². The van der Waals surface area contributed by atoms with Crippen LogP contribution >= 0.6 is 22.9 Å². The van der Waals surface area contributed by atoms with Gasteiger partial charge in [0.15, 0.2) is 5.54 Å². The normalized spacial score (nSPS) is 17.6. The van der Waals surface area contributed by atoms with E-state index >= 15 is 0 Å². The molecule has 1 aliphatic rings. The first kappa shape index (κ1) is 20.6. The summed E-state index contributed by atoms with van der Waals surface area (Å²) in [4.78, 5) is 14.9. The summed E-state index contributed by atoms with van der Waals surface area (Å²) in [6.45, 7) is 0.345. The molecule has 0 saturated heterocycles. The van der Waals surface area contributed by atoms with E-state index in [1.807, 2.05) is 48.5 Å². The maximum Gasteiger partial charge on any atom is 0.416 e. The maximum absolute atomic E-state index is 13.4. The first-order valence-electron chi connectivity index (χ1n) is 10.3. The fourth-order valence-corrected chi connectivity index (χ4v) is 5.68. The Kier molecular flexibility index (Phi) is 5.34. The largest absolute Gasteiger partial charge is 0.416 e. The van der Waals surface area contributed by atoms with Gasteiger partial charge >= 0.3 is 6.09 Å². The summed E-state index contributed by atoms with van der Waals surface area (Å²) in [5.41, 5.74) is 1.48. The van der Waals surface area contributed by atoms with Gasteiger partial charge in [-0.25, -0.2) is 4.79 Å². The number of hydrogen-bond donors (Lipinski definition) is 0. The van der Waals surface area contributed by atoms with E-state index in [0.717, 1.165) is 26.8 Å². The van der Waals surface area contributed by atoms with E-state index in [1.165, 1.54) is 0 Å². The minimum absolute atomic E-state index is 0.345. The number of nitrogens with zero attached hydrogens (tertiary/aromatic N) is 2. The van der Waals surface area contributed by atoms with Gasteiger partial charge in [-0.3, -0.25) is 4.90 Å². The smallest absolute Gasteiger partial charge is 0.410 e. The fourth-order valence-electron chi connectivity index (χ4n) is 4.45. The van der Waals surface area contributed by atoms with Crippen molar-refractivity contribution in [3.63, 3.8) is 0 Å². The molecule has 3 aromatic carbocycles. The summed E-state index contributed by atoms with van der Waals surface area (Å²) in [5, 5.41) is 14.4. The minimum atomic E-state index is -1.23. The number of fused-ring (bicyclic) bond motifs is 2. The van der Waals surface area contributed by atoms with Crippen LogP contribution in [0.5, 0.6) is 5.75 Å². The number of para-hydroxylation sites is 1. The molecule has 4 aromatic rings. The molecule has 1 amide bonds. The molecular weight excluding hydrogens is 440 g/mol. The summed E-state index contributed by atoms with van der Waals surface area (Å²) in [6.07, 6.45) is 0.375. The molecular formula is C26H19ClN2O2S. The first-order chi connectivity index (χ1) is 15.6. The molecule has 0 N–H and O–H groups in total. The predicted octanol–water partition coefficient (Wildman–Crippen LogP) is 6.57. The van der Waals surface area contributed by atoms with Crippen LogP contribution in [0.4, 0.5) is 4.79 Å². The maximum atomic E-state index is 13.4. The fraction of sp³-hybridized carbons (Fsp3) is 0.154. The minimum Gasteiger partial charge on any atom is -0.410 e. The molecule has 2 heterocycles. The average molecular weight is 459 g/mol. The van der Waals surface area contributed by atoms with Gasteiger partial charge in [0.05, 0.1) is 6.07 Å². The van der Waals surface area contributed by atoms with Crippen LogP contribution in [0.2, 0.25) is 5.02 Å². The van der Waals surface area contributed by atoms with Gasteiger partial charge in [-0.05, 0) is 58.1 Å². The molecule has 1 aliphatic heterocycles. The van der Waals surface area contributed by atoms with Gasteiger partial charge in [0.2, 0.25) is 0 Å². The number of carbonyl (C=O) groups excluding carboxylic acids is 1. The van der Waals surface area contributed by atoms with Gasteiger partial charge < -0.3 is 4.74 Å². The van der Waals surface area contributed by atoms with E-state index in [0.29, 0.717) is 30.2 Å². The van der Waals surface area contributed by atoms with Crippen molar-refractivity contribution < 1.29 is 9.53 Å². The highest BCUT2D eigenvalue weighted by Crippen LogP contribution is 2.42. The van der Waals surface area contributed by atoms with Crippen molar-refractivity contribution in [2.45, 2.75) is 18.4 Å². The highest BCUT2D eigenvalue weighted by Gasteiger charge is 2.47. The van der Waals surface area contributed by atoms with Crippen LogP contribution in [0.25, 0.3) is 10.1 Å². The highest BCUT2D eigenvalue weighted by atomic mass is 35.5. The highest BCUT2D eigenvalue weighted by molar-refractivity contribution is 7.17. The molecule has 0 bridgehead atoms. The lowest BCUT2D eigenvalue weighted by atomic mass is 9.77. The number of ether oxygens (including phenoxy) is 1. The Morgan fingerprint density at radius 3 is 2.69 bits per heavy atom. The van der Waals surface area contributed by atoms with E-state index in [1.54, 1.807) is 28.4 Å². The number of amides is 1. The summed E-state index contributed by atoms with van der Waals surface area (Å²) >= 11 is 8.16. The van der Waals surface area contributed by atoms with Gasteiger partial charge in [0.1, 0.15) is 5.75 Å². The SMILES string of the molecule is N#C[C@]1(Cc2csc3ccccc23)c2cccc(Cl)c2CCN1C(=O)Oc1ccccc1. The van der Waals surface area contributed by atoms with Gasteiger partial charge in [0, 0.05) is 22.7 Å². The Morgan fingerprint density at radius 2 is 1.88 bits per heavy atom. The third-order valence-electron chi connectivity index (χ3n) is 5.97. The molecule has 0 unspecified atom stereocenters. The zero-order chi connectivity index (χ0) is 22.1. The third kappa shape index (κ3) is 3.42. The molecule has 0 aliphatic carbocycles. The lowest BCUT2D eigenvalue weighted by Gasteiger charge is -2.43. The van der Waals surface area contributed by atoms with Crippen molar-refractivity contribution >= 4 is 39.1 Å². The van der Waals surface area contributed by atoms with Crippen molar-refractivity contribution in [2.24, 2.45) is 0 Å². The molecule has 5 rings (SSSR count). The number of hydrogen-bond acceptors (Lipinski definition) is 4. The average Bonchev–Trinajstić information content (AvgIpc) is 3.23. The van der Waals surface area contributed by atoms with Crippen molar-refractivity contribution in [1.82, 2.24) is 4.90 Å².